The number of hydrogen-bond donors (Lipinski definition) is 2. The maximum Gasteiger partial charge on any atom is 0.0596 e. The smallest absolute Gasteiger partial charge is 0.0596 e. The molecule has 2 aliphatic rings. The highest BCUT2D eigenvalue weighted by atomic mass is 16.5. The summed E-state index contributed by atoms with van der Waals surface area (Å²) in [4.78, 5) is 4.86. The van der Waals surface area contributed by atoms with Crippen molar-refractivity contribution < 1.29 is 19.9 Å². The molecule has 0 bridgehead atoms. The second-order valence-electron chi connectivity index (χ2n) is 7.82. The average molecular weight is 429 g/mol. The van der Waals surface area contributed by atoms with Gasteiger partial charge in [-0.25, -0.2) is 0 Å². The van der Waals surface area contributed by atoms with Crippen LogP contribution in [0.1, 0.15) is 65.2 Å². The SMILES string of the molecule is CCOCCCCN1CCC(=NO)CC1.CCOCCCCN1CCC(=NO)CC1. The van der Waals surface area contributed by atoms with Crippen molar-refractivity contribution in [2.24, 2.45) is 10.3 Å². The Morgan fingerprint density at radius 2 is 1.03 bits per heavy atom. The van der Waals surface area contributed by atoms with Crippen LogP contribution in [0.5, 0.6) is 0 Å². The molecular formula is C22H44N4O4. The fourth-order valence-corrected chi connectivity index (χ4v) is 3.64. The van der Waals surface area contributed by atoms with Crippen LogP contribution in [-0.4, -0.2) is 97.3 Å². The number of piperidine rings is 2. The Hall–Kier alpha value is -1.22. The Morgan fingerprint density at radius 3 is 1.33 bits per heavy atom. The lowest BCUT2D eigenvalue weighted by molar-refractivity contribution is 0.139. The van der Waals surface area contributed by atoms with Gasteiger partial charge in [-0.15, -0.1) is 0 Å². The van der Waals surface area contributed by atoms with E-state index in [1.807, 2.05) is 13.8 Å². The zero-order chi connectivity index (χ0) is 21.9. The summed E-state index contributed by atoms with van der Waals surface area (Å²) in [5.41, 5.74) is 1.89. The molecule has 2 heterocycles. The van der Waals surface area contributed by atoms with Gasteiger partial charge in [0.2, 0.25) is 0 Å². The van der Waals surface area contributed by atoms with E-state index in [0.717, 1.165) is 116 Å². The second kappa shape index (κ2) is 18.5. The van der Waals surface area contributed by atoms with Crippen molar-refractivity contribution in [1.82, 2.24) is 9.80 Å². The summed E-state index contributed by atoms with van der Waals surface area (Å²) in [6.45, 7) is 13.9. The molecule has 0 radical (unpaired) electrons. The first-order valence-corrected chi connectivity index (χ1v) is 11.7. The Morgan fingerprint density at radius 1 is 0.667 bits per heavy atom. The van der Waals surface area contributed by atoms with Crippen LogP contribution in [0.25, 0.3) is 0 Å². The maximum atomic E-state index is 8.60. The molecule has 30 heavy (non-hydrogen) atoms. The fraction of sp³-hybridized carbons (Fsp3) is 0.909. The van der Waals surface area contributed by atoms with E-state index >= 15 is 0 Å². The minimum Gasteiger partial charge on any atom is -0.411 e. The van der Waals surface area contributed by atoms with Crippen molar-refractivity contribution in [2.45, 2.75) is 65.2 Å². The van der Waals surface area contributed by atoms with E-state index in [1.165, 1.54) is 12.8 Å². The highest BCUT2D eigenvalue weighted by Gasteiger charge is 2.15. The Kier molecular flexibility index (Phi) is 16.6. The van der Waals surface area contributed by atoms with Crippen LogP contribution >= 0.6 is 0 Å². The van der Waals surface area contributed by atoms with Crippen LogP contribution in [0.15, 0.2) is 10.3 Å². The molecule has 2 rings (SSSR count). The molecule has 0 spiro atoms. The standard InChI is InChI=1S/2C11H22N2O2/c2*1-2-15-10-4-3-7-13-8-5-11(12-14)6-9-13/h2*14H,2-10H2,1H3. The first kappa shape index (κ1) is 26.8. The van der Waals surface area contributed by atoms with E-state index in [0.29, 0.717) is 0 Å². The average Bonchev–Trinajstić information content (AvgIpc) is 2.80. The van der Waals surface area contributed by atoms with E-state index in [4.69, 9.17) is 19.9 Å². The lowest BCUT2D eigenvalue weighted by atomic mass is 10.1. The van der Waals surface area contributed by atoms with Crippen molar-refractivity contribution in [1.29, 1.82) is 0 Å². The molecule has 0 atom stereocenters. The van der Waals surface area contributed by atoms with Gasteiger partial charge in [0.25, 0.3) is 0 Å². The van der Waals surface area contributed by atoms with Gasteiger partial charge in [0, 0.05) is 78.3 Å². The van der Waals surface area contributed by atoms with Gasteiger partial charge in [0.05, 0.1) is 11.4 Å². The summed E-state index contributed by atoms with van der Waals surface area (Å²) in [6, 6.07) is 0. The Balaban J connectivity index is 0.000000300. The summed E-state index contributed by atoms with van der Waals surface area (Å²) in [6.07, 6.45) is 8.36. The molecule has 0 aromatic heterocycles. The molecule has 0 aliphatic carbocycles. The molecule has 0 saturated carbocycles. The van der Waals surface area contributed by atoms with Gasteiger partial charge >= 0.3 is 0 Å². The number of hydrogen-bond acceptors (Lipinski definition) is 8. The van der Waals surface area contributed by atoms with Gasteiger partial charge in [-0.1, -0.05) is 10.3 Å². The molecule has 2 aliphatic heterocycles. The lowest BCUT2D eigenvalue weighted by Gasteiger charge is -2.26. The number of oxime groups is 2. The van der Waals surface area contributed by atoms with E-state index in [1.54, 1.807) is 0 Å². The van der Waals surface area contributed by atoms with Crippen molar-refractivity contribution >= 4 is 11.4 Å². The monoisotopic (exact) mass is 428 g/mol. The number of likely N-dealkylation sites (tertiary alicyclic amines) is 2. The van der Waals surface area contributed by atoms with Crippen LogP contribution < -0.4 is 0 Å². The number of nitrogens with zero attached hydrogens (tertiary/aromatic N) is 4. The summed E-state index contributed by atoms with van der Waals surface area (Å²) < 4.78 is 10.6. The highest BCUT2D eigenvalue weighted by Crippen LogP contribution is 2.09. The Labute approximate surface area is 182 Å². The second-order valence-corrected chi connectivity index (χ2v) is 7.82. The third kappa shape index (κ3) is 13.2. The van der Waals surface area contributed by atoms with Gasteiger partial charge in [-0.2, -0.15) is 0 Å². The highest BCUT2D eigenvalue weighted by molar-refractivity contribution is 5.85. The van der Waals surface area contributed by atoms with Gasteiger partial charge in [-0.05, 0) is 52.6 Å². The minimum atomic E-state index is 0.819. The van der Waals surface area contributed by atoms with Crippen LogP contribution in [0.3, 0.4) is 0 Å². The van der Waals surface area contributed by atoms with E-state index in [9.17, 15) is 0 Å². The lowest BCUT2D eigenvalue weighted by Crippen LogP contribution is -2.34. The molecule has 8 heteroatoms. The topological polar surface area (TPSA) is 90.1 Å². The van der Waals surface area contributed by atoms with E-state index in [2.05, 4.69) is 20.1 Å². The van der Waals surface area contributed by atoms with Crippen LogP contribution in [0, 0.1) is 0 Å². The predicted octanol–water partition coefficient (Wildman–Crippen LogP) is 3.46. The largest absolute Gasteiger partial charge is 0.411 e. The number of ether oxygens (including phenoxy) is 2. The number of unbranched alkanes of at least 4 members (excludes halogenated alkanes) is 2. The van der Waals surface area contributed by atoms with Gasteiger partial charge < -0.3 is 29.7 Å². The molecular weight excluding hydrogens is 384 g/mol. The van der Waals surface area contributed by atoms with E-state index < -0.39 is 0 Å². The molecule has 0 amide bonds. The van der Waals surface area contributed by atoms with Crippen molar-refractivity contribution in [3.8, 4) is 0 Å². The molecule has 2 fully saturated rings. The van der Waals surface area contributed by atoms with Gasteiger partial charge in [0.1, 0.15) is 0 Å². The van der Waals surface area contributed by atoms with Crippen LogP contribution in [0.4, 0.5) is 0 Å². The predicted molar refractivity (Wildman–Crippen MR) is 121 cm³/mol. The first-order valence-electron chi connectivity index (χ1n) is 11.7. The summed E-state index contributed by atoms with van der Waals surface area (Å²) in [7, 11) is 0. The van der Waals surface area contributed by atoms with Gasteiger partial charge in [-0.3, -0.25) is 0 Å². The molecule has 8 nitrogen and oxygen atoms in total. The third-order valence-electron chi connectivity index (χ3n) is 5.58. The molecule has 176 valence electrons. The van der Waals surface area contributed by atoms with Crippen LogP contribution in [-0.2, 0) is 9.47 Å². The molecule has 2 saturated heterocycles. The molecule has 0 aromatic carbocycles. The van der Waals surface area contributed by atoms with E-state index in [-0.39, 0.29) is 0 Å². The maximum absolute atomic E-state index is 8.60. The molecule has 0 aromatic rings. The summed E-state index contributed by atoms with van der Waals surface area (Å²) in [5, 5.41) is 23.8. The normalized spacial score (nSPS) is 18.1. The zero-order valence-electron chi connectivity index (χ0n) is 19.2. The molecule has 0 unspecified atom stereocenters. The minimum absolute atomic E-state index is 0.819. The van der Waals surface area contributed by atoms with Crippen LogP contribution in [0.2, 0.25) is 0 Å². The first-order chi connectivity index (χ1) is 14.7. The quantitative estimate of drug-likeness (QED) is 0.281. The molecule has 2 N–H and O–H groups in total. The zero-order valence-corrected chi connectivity index (χ0v) is 19.2. The summed E-state index contributed by atoms with van der Waals surface area (Å²) in [5.74, 6) is 0. The summed E-state index contributed by atoms with van der Waals surface area (Å²) >= 11 is 0. The number of rotatable bonds is 12. The third-order valence-corrected chi connectivity index (χ3v) is 5.58. The van der Waals surface area contributed by atoms with Crippen molar-refractivity contribution in [3.05, 3.63) is 0 Å². The van der Waals surface area contributed by atoms with Crippen molar-refractivity contribution in [3.63, 3.8) is 0 Å². The van der Waals surface area contributed by atoms with Gasteiger partial charge in [0.15, 0.2) is 0 Å². The fourth-order valence-electron chi connectivity index (χ4n) is 3.64. The Bertz CT molecular complexity index is 412. The van der Waals surface area contributed by atoms with Crippen molar-refractivity contribution in [2.75, 3.05) is 65.7 Å².